The van der Waals surface area contributed by atoms with E-state index < -0.39 is 18.0 Å². The molecule has 2 heterocycles. The third kappa shape index (κ3) is 3.89. The Hall–Kier alpha value is -3.17. The summed E-state index contributed by atoms with van der Waals surface area (Å²) in [7, 11) is 0. The summed E-state index contributed by atoms with van der Waals surface area (Å²) in [5, 5.41) is 18.4. The maximum absolute atomic E-state index is 13.1. The van der Waals surface area contributed by atoms with Crippen LogP contribution in [0.25, 0.3) is 11.3 Å². The monoisotopic (exact) mass is 470 g/mol. The van der Waals surface area contributed by atoms with Crippen LogP contribution in [-0.2, 0) is 9.59 Å². The molecule has 0 bridgehead atoms. The lowest BCUT2D eigenvalue weighted by atomic mass is 10.0. The first-order chi connectivity index (χ1) is 15.3. The third-order valence-electron chi connectivity index (χ3n) is 4.83. The zero-order valence-electron chi connectivity index (χ0n) is 17.5. The van der Waals surface area contributed by atoms with Gasteiger partial charge in [-0.2, -0.15) is 0 Å². The third-order valence-corrected chi connectivity index (χ3v) is 5.79. The summed E-state index contributed by atoms with van der Waals surface area (Å²) < 4.78 is 6.89. The number of nitrogens with zero attached hydrogens (tertiary/aromatic N) is 4. The van der Waals surface area contributed by atoms with E-state index in [1.54, 1.807) is 42.5 Å². The number of hydrogen-bond acceptors (Lipinski definition) is 7. The Kier molecular flexibility index (Phi) is 6.03. The van der Waals surface area contributed by atoms with Gasteiger partial charge in [0, 0.05) is 24.0 Å². The highest BCUT2D eigenvalue weighted by atomic mass is 35.5. The van der Waals surface area contributed by atoms with Crippen LogP contribution in [0.15, 0.2) is 47.6 Å². The topological polar surface area (TPSA) is 99.3 Å². The number of esters is 1. The summed E-state index contributed by atoms with van der Waals surface area (Å²) in [4.78, 5) is 30.3. The van der Waals surface area contributed by atoms with Gasteiger partial charge >= 0.3 is 5.97 Å². The standard InChI is InChI=1S/C22H19ClN4O4S/c1-4-32-22-24-20(30)19-15-7-5-6-8-17(15)26(12(2)28)21(27(19)25-22)16-11-14(23)9-10-18(16)31-13(3)29/h5-11,21H,4H2,1-3H3. The van der Waals surface area contributed by atoms with Crippen molar-refractivity contribution in [1.82, 2.24) is 10.1 Å². The molecule has 32 heavy (non-hydrogen) atoms. The second-order valence-electron chi connectivity index (χ2n) is 6.98. The van der Waals surface area contributed by atoms with Gasteiger partial charge in [0.15, 0.2) is 0 Å². The van der Waals surface area contributed by atoms with Gasteiger partial charge in [-0.25, -0.2) is 9.88 Å². The number of anilines is 1. The first-order valence-corrected chi connectivity index (χ1v) is 11.2. The predicted molar refractivity (Wildman–Crippen MR) is 118 cm³/mol. The highest BCUT2D eigenvalue weighted by molar-refractivity contribution is 7.99. The molecule has 0 saturated carbocycles. The minimum Gasteiger partial charge on any atom is -0.854 e. The van der Waals surface area contributed by atoms with E-state index >= 15 is 0 Å². The van der Waals surface area contributed by atoms with Gasteiger partial charge in [0.2, 0.25) is 5.91 Å². The minimum atomic E-state index is -0.919. The smallest absolute Gasteiger partial charge is 0.308 e. The molecule has 8 nitrogen and oxygen atoms in total. The lowest BCUT2D eigenvalue weighted by Gasteiger charge is -2.33. The number of carbonyl (C=O) groups excluding carboxylic acids is 2. The van der Waals surface area contributed by atoms with Gasteiger partial charge in [-0.15, -0.1) is 0 Å². The van der Waals surface area contributed by atoms with Gasteiger partial charge < -0.3 is 9.84 Å². The van der Waals surface area contributed by atoms with Crippen molar-refractivity contribution in [3.05, 3.63) is 53.1 Å². The van der Waals surface area contributed by atoms with Crippen molar-refractivity contribution < 1.29 is 24.1 Å². The van der Waals surface area contributed by atoms with Gasteiger partial charge in [0.1, 0.15) is 5.75 Å². The number of aromatic nitrogens is 3. The average molecular weight is 471 g/mol. The van der Waals surface area contributed by atoms with Crippen LogP contribution in [-0.4, -0.2) is 27.7 Å². The molecule has 0 N–H and O–H groups in total. The normalized spacial score (nSPS) is 14.5. The van der Waals surface area contributed by atoms with E-state index in [0.717, 1.165) is 0 Å². The van der Waals surface area contributed by atoms with E-state index in [1.807, 2.05) is 6.92 Å². The fourth-order valence-electron chi connectivity index (χ4n) is 3.71. The van der Waals surface area contributed by atoms with E-state index in [2.05, 4.69) is 10.1 Å². The number of halogens is 1. The molecule has 0 radical (unpaired) electrons. The van der Waals surface area contributed by atoms with Gasteiger partial charge in [0.05, 0.1) is 22.7 Å². The molecule has 0 saturated heterocycles. The number of benzene rings is 2. The molecular formula is C22H19ClN4O4S. The Labute approximate surface area is 193 Å². The highest BCUT2D eigenvalue weighted by Crippen LogP contribution is 2.43. The Morgan fingerprint density at radius 3 is 2.69 bits per heavy atom. The molecule has 1 atom stereocenters. The SMILES string of the molecule is CCSc1nc([O-])c2[n+](n1)C(c1cc(Cl)ccc1OC(C)=O)N(C(C)=O)c1ccccc1-2. The van der Waals surface area contributed by atoms with E-state index in [9.17, 15) is 14.7 Å². The second-order valence-corrected chi connectivity index (χ2v) is 8.65. The van der Waals surface area contributed by atoms with Crippen LogP contribution >= 0.6 is 23.4 Å². The molecule has 0 fully saturated rings. The number of hydrogen-bond donors (Lipinski definition) is 0. The number of para-hydroxylation sites is 1. The Morgan fingerprint density at radius 1 is 1.25 bits per heavy atom. The Bertz CT molecular complexity index is 1240. The number of ether oxygens (including phenoxy) is 1. The molecule has 2 aromatic carbocycles. The van der Waals surface area contributed by atoms with E-state index in [1.165, 1.54) is 35.2 Å². The molecule has 0 spiro atoms. The Morgan fingerprint density at radius 2 is 2.00 bits per heavy atom. The van der Waals surface area contributed by atoms with Crippen molar-refractivity contribution in [1.29, 1.82) is 0 Å². The maximum atomic E-state index is 13.1. The zero-order valence-corrected chi connectivity index (χ0v) is 19.1. The number of thioether (sulfide) groups is 1. The molecule has 3 aromatic rings. The zero-order chi connectivity index (χ0) is 23.0. The lowest BCUT2D eigenvalue weighted by Crippen LogP contribution is -2.58. The second kappa shape index (κ2) is 8.76. The molecule has 1 amide bonds. The van der Waals surface area contributed by atoms with Crippen molar-refractivity contribution in [2.24, 2.45) is 0 Å². The summed E-state index contributed by atoms with van der Waals surface area (Å²) in [6.45, 7) is 4.63. The van der Waals surface area contributed by atoms with Crippen molar-refractivity contribution >= 4 is 40.9 Å². The summed E-state index contributed by atoms with van der Waals surface area (Å²) in [6.07, 6.45) is -0.919. The number of carbonyl (C=O) groups is 2. The van der Waals surface area contributed by atoms with Crippen LogP contribution in [0, 0.1) is 0 Å². The maximum Gasteiger partial charge on any atom is 0.308 e. The number of fused-ring (bicyclic) bond motifs is 3. The number of amides is 1. The summed E-state index contributed by atoms with van der Waals surface area (Å²) >= 11 is 7.60. The fourth-order valence-corrected chi connectivity index (χ4v) is 4.45. The van der Waals surface area contributed by atoms with E-state index in [-0.39, 0.29) is 22.5 Å². The van der Waals surface area contributed by atoms with Crippen LogP contribution in [0.2, 0.25) is 5.02 Å². The van der Waals surface area contributed by atoms with Crippen molar-refractivity contribution in [2.45, 2.75) is 32.1 Å². The van der Waals surface area contributed by atoms with Crippen LogP contribution in [0.4, 0.5) is 5.69 Å². The molecule has 1 aromatic heterocycles. The van der Waals surface area contributed by atoms with Crippen LogP contribution in [0.5, 0.6) is 11.6 Å². The summed E-state index contributed by atoms with van der Waals surface area (Å²) in [5.74, 6) is -0.407. The summed E-state index contributed by atoms with van der Waals surface area (Å²) in [5.41, 5.74) is 1.70. The predicted octanol–water partition coefficient (Wildman–Crippen LogP) is 3.11. The molecule has 0 aliphatic carbocycles. The lowest BCUT2D eigenvalue weighted by molar-refractivity contribution is -0.764. The van der Waals surface area contributed by atoms with Crippen molar-refractivity contribution in [2.75, 3.05) is 10.7 Å². The molecule has 4 rings (SSSR count). The first kappa shape index (κ1) is 22.0. The van der Waals surface area contributed by atoms with Crippen LogP contribution < -0.4 is 19.4 Å². The van der Waals surface area contributed by atoms with Gasteiger partial charge in [-0.05, 0) is 36.1 Å². The van der Waals surface area contributed by atoms with Crippen molar-refractivity contribution in [3.8, 4) is 22.9 Å². The fraction of sp³-hybridized carbons (Fsp3) is 0.227. The highest BCUT2D eigenvalue weighted by Gasteiger charge is 2.45. The van der Waals surface area contributed by atoms with Crippen LogP contribution in [0.1, 0.15) is 32.5 Å². The van der Waals surface area contributed by atoms with Gasteiger partial charge in [-0.1, -0.05) is 47.1 Å². The average Bonchev–Trinajstić information content (AvgIpc) is 2.73. The molecule has 1 unspecified atom stereocenters. The first-order valence-electron chi connectivity index (χ1n) is 9.82. The van der Waals surface area contributed by atoms with E-state index in [0.29, 0.717) is 27.6 Å². The quantitative estimate of drug-likeness (QED) is 0.250. The molecular weight excluding hydrogens is 452 g/mol. The molecule has 1 aliphatic heterocycles. The minimum absolute atomic E-state index is 0.215. The molecule has 164 valence electrons. The Balaban J connectivity index is 2.08. The molecule has 1 aliphatic rings. The number of rotatable bonds is 4. The molecule has 10 heteroatoms. The van der Waals surface area contributed by atoms with Gasteiger partial charge in [0.25, 0.3) is 17.0 Å². The van der Waals surface area contributed by atoms with Crippen LogP contribution in [0.3, 0.4) is 0 Å². The largest absolute Gasteiger partial charge is 0.854 e. The van der Waals surface area contributed by atoms with E-state index in [4.69, 9.17) is 16.3 Å². The van der Waals surface area contributed by atoms with Gasteiger partial charge in [-0.3, -0.25) is 9.59 Å². The van der Waals surface area contributed by atoms with Crippen molar-refractivity contribution in [3.63, 3.8) is 0 Å². The summed E-state index contributed by atoms with van der Waals surface area (Å²) in [6, 6.07) is 11.8.